The van der Waals surface area contributed by atoms with Crippen molar-refractivity contribution >= 4 is 23.8 Å². The van der Waals surface area contributed by atoms with Crippen molar-refractivity contribution in [3.8, 4) is 12.3 Å². The van der Waals surface area contributed by atoms with Gasteiger partial charge in [0, 0.05) is 19.4 Å². The molecule has 0 saturated heterocycles. The Morgan fingerprint density at radius 3 is 1.59 bits per heavy atom. The molecule has 1 atom stereocenters. The van der Waals surface area contributed by atoms with E-state index in [1.165, 1.54) is 39.9 Å². The van der Waals surface area contributed by atoms with Crippen molar-refractivity contribution in [1.29, 1.82) is 0 Å². The predicted molar refractivity (Wildman–Crippen MR) is 181 cm³/mol. The van der Waals surface area contributed by atoms with E-state index in [9.17, 15) is 19.2 Å². The Labute approximate surface area is 279 Å². The lowest BCUT2D eigenvalue weighted by Crippen LogP contribution is -2.41. The molecular formula is C34H66N2O10. The molecule has 0 radical (unpaired) electrons. The standard InChI is InChI=1S/C15H28O4.C10H19NO3.C6H11NO3.C3H8/c1-3-5-6-7-9-17-11-13-19-15-14-18-12-10-16-8-4-2;1-4-6-7-8(10(13)14-3)11-9(12)5-2;1-3-5(8)7-4-6(9)10-2;1-3-2/h2H,3,5-15H2,1H3;8H,4-7H2,1-3H3,(H,11,12);3-4H2,1-2H3,(H,7,8);3H2,1-2H3. The van der Waals surface area contributed by atoms with Gasteiger partial charge < -0.3 is 39.1 Å². The Bertz CT molecular complexity index is 713. The predicted octanol–water partition coefficient (Wildman–Crippen LogP) is 4.61. The third-order valence-corrected chi connectivity index (χ3v) is 5.41. The van der Waals surface area contributed by atoms with E-state index in [2.05, 4.69) is 46.8 Å². The van der Waals surface area contributed by atoms with E-state index in [0.29, 0.717) is 65.5 Å². The normalized spacial score (nSPS) is 10.2. The summed E-state index contributed by atoms with van der Waals surface area (Å²) in [5.74, 6) is 1.35. The van der Waals surface area contributed by atoms with Crippen molar-refractivity contribution in [2.75, 3.05) is 73.6 Å². The minimum atomic E-state index is -0.479. The zero-order valence-corrected chi connectivity index (χ0v) is 30.2. The Hall–Kier alpha value is -2.72. The van der Waals surface area contributed by atoms with Gasteiger partial charge in [-0.1, -0.05) is 86.0 Å². The minimum Gasteiger partial charge on any atom is -0.468 e. The third-order valence-electron chi connectivity index (χ3n) is 5.41. The highest BCUT2D eigenvalue weighted by Crippen LogP contribution is 2.03. The van der Waals surface area contributed by atoms with Gasteiger partial charge in [-0.3, -0.25) is 14.4 Å². The SMILES string of the molecule is C#CCOCCOCCOCCOCCCCCC.CCC.CCC(=O)NCC(=O)OC.CCCCC(NC(=O)CC)C(=O)OC. The number of methoxy groups -OCH3 is 2. The minimum absolute atomic E-state index is 0.0385. The summed E-state index contributed by atoms with van der Waals surface area (Å²) in [6.45, 7) is 16.7. The summed E-state index contributed by atoms with van der Waals surface area (Å²) in [5.41, 5.74) is 0. The molecule has 272 valence electrons. The van der Waals surface area contributed by atoms with Crippen LogP contribution in [0.25, 0.3) is 0 Å². The number of unbranched alkanes of at least 4 members (excludes halogenated alkanes) is 4. The smallest absolute Gasteiger partial charge is 0.328 e. The van der Waals surface area contributed by atoms with Gasteiger partial charge in [0.25, 0.3) is 0 Å². The van der Waals surface area contributed by atoms with Gasteiger partial charge >= 0.3 is 11.9 Å². The fraction of sp³-hybridized carbons (Fsp3) is 0.824. The summed E-state index contributed by atoms with van der Waals surface area (Å²) in [7, 11) is 2.61. The molecule has 0 aromatic carbocycles. The number of terminal acetylenes is 1. The van der Waals surface area contributed by atoms with Gasteiger partial charge in [-0.05, 0) is 12.8 Å². The maximum atomic E-state index is 11.2. The number of amides is 2. The maximum Gasteiger partial charge on any atom is 0.328 e. The Balaban J connectivity index is -0.000000288. The van der Waals surface area contributed by atoms with Crippen LogP contribution in [0.3, 0.4) is 0 Å². The molecule has 0 bridgehead atoms. The first-order valence-corrected chi connectivity index (χ1v) is 16.6. The van der Waals surface area contributed by atoms with E-state index < -0.39 is 12.0 Å². The highest BCUT2D eigenvalue weighted by Gasteiger charge is 2.19. The topological polar surface area (TPSA) is 148 Å². The Kier molecular flexibility index (Phi) is 48.4. The van der Waals surface area contributed by atoms with Gasteiger partial charge in [-0.25, -0.2) is 4.79 Å². The van der Waals surface area contributed by atoms with Crippen molar-refractivity contribution in [3.63, 3.8) is 0 Å². The van der Waals surface area contributed by atoms with Crippen LogP contribution in [0, 0.1) is 12.3 Å². The molecule has 1 unspecified atom stereocenters. The highest BCUT2D eigenvalue weighted by atomic mass is 16.6. The summed E-state index contributed by atoms with van der Waals surface area (Å²) >= 11 is 0. The average Bonchev–Trinajstić information content (AvgIpc) is 3.07. The number of ether oxygens (including phenoxy) is 6. The summed E-state index contributed by atoms with van der Waals surface area (Å²) in [6.07, 6.45) is 14.6. The first-order chi connectivity index (χ1) is 22.2. The van der Waals surface area contributed by atoms with Gasteiger partial charge in [-0.15, -0.1) is 6.42 Å². The number of nitrogens with one attached hydrogen (secondary N) is 2. The number of carbonyl (C=O) groups excluding carboxylic acids is 4. The second-order valence-corrected chi connectivity index (χ2v) is 9.71. The second kappa shape index (κ2) is 44.4. The van der Waals surface area contributed by atoms with Crippen LogP contribution in [0.5, 0.6) is 0 Å². The average molecular weight is 663 g/mol. The summed E-state index contributed by atoms with van der Waals surface area (Å²) < 4.78 is 30.1. The molecule has 0 aliphatic carbocycles. The molecule has 2 N–H and O–H groups in total. The summed E-state index contributed by atoms with van der Waals surface area (Å²) in [5, 5.41) is 5.01. The van der Waals surface area contributed by atoms with Crippen LogP contribution in [-0.4, -0.2) is 103 Å². The molecule has 12 heteroatoms. The second-order valence-electron chi connectivity index (χ2n) is 9.71. The van der Waals surface area contributed by atoms with Crippen LogP contribution in [0.4, 0.5) is 0 Å². The molecule has 0 heterocycles. The van der Waals surface area contributed by atoms with Gasteiger partial charge in [0.2, 0.25) is 11.8 Å². The molecule has 0 aromatic heterocycles. The largest absolute Gasteiger partial charge is 0.468 e. The quantitative estimate of drug-likeness (QED) is 0.0853. The zero-order chi connectivity index (χ0) is 35.7. The Morgan fingerprint density at radius 1 is 0.652 bits per heavy atom. The monoisotopic (exact) mass is 662 g/mol. The third kappa shape index (κ3) is 45.7. The van der Waals surface area contributed by atoms with Crippen LogP contribution in [-0.2, 0) is 47.6 Å². The van der Waals surface area contributed by atoms with Crippen molar-refractivity contribution in [1.82, 2.24) is 10.6 Å². The number of hydrogen-bond donors (Lipinski definition) is 2. The molecule has 0 fully saturated rings. The van der Waals surface area contributed by atoms with E-state index in [1.54, 1.807) is 13.8 Å². The van der Waals surface area contributed by atoms with Crippen LogP contribution >= 0.6 is 0 Å². The molecule has 0 saturated carbocycles. The summed E-state index contributed by atoms with van der Waals surface area (Å²) in [6, 6.07) is -0.479. The van der Waals surface area contributed by atoms with Crippen molar-refractivity contribution < 1.29 is 47.6 Å². The van der Waals surface area contributed by atoms with E-state index in [1.807, 2.05) is 6.92 Å². The number of rotatable bonds is 24. The lowest BCUT2D eigenvalue weighted by atomic mass is 10.1. The number of carbonyl (C=O) groups is 4. The first kappa shape index (κ1) is 50.1. The van der Waals surface area contributed by atoms with Crippen molar-refractivity contribution in [2.24, 2.45) is 0 Å². The van der Waals surface area contributed by atoms with Crippen LogP contribution in [0.2, 0.25) is 0 Å². The molecule has 0 rings (SSSR count). The molecule has 46 heavy (non-hydrogen) atoms. The van der Waals surface area contributed by atoms with Gasteiger partial charge in [0.1, 0.15) is 19.2 Å². The summed E-state index contributed by atoms with van der Waals surface area (Å²) in [4.78, 5) is 43.2. The van der Waals surface area contributed by atoms with Gasteiger partial charge in [-0.2, -0.15) is 0 Å². The van der Waals surface area contributed by atoms with E-state index in [4.69, 9.17) is 25.4 Å². The van der Waals surface area contributed by atoms with Crippen LogP contribution < -0.4 is 10.6 Å². The van der Waals surface area contributed by atoms with Crippen LogP contribution in [0.1, 0.15) is 106 Å². The fourth-order valence-corrected chi connectivity index (χ4v) is 2.89. The fourth-order valence-electron chi connectivity index (χ4n) is 2.89. The lowest BCUT2D eigenvalue weighted by Gasteiger charge is -2.15. The molecule has 12 nitrogen and oxygen atoms in total. The molecule has 0 aliphatic heterocycles. The van der Waals surface area contributed by atoms with Crippen molar-refractivity contribution in [2.45, 2.75) is 112 Å². The number of esters is 2. The molecule has 0 aliphatic rings. The van der Waals surface area contributed by atoms with Gasteiger partial charge in [0.05, 0.1) is 53.9 Å². The number of hydrogen-bond acceptors (Lipinski definition) is 10. The molecule has 0 spiro atoms. The zero-order valence-electron chi connectivity index (χ0n) is 30.2. The molecule has 0 aromatic rings. The molecule has 2 amide bonds. The molecular weight excluding hydrogens is 596 g/mol. The van der Waals surface area contributed by atoms with E-state index in [0.717, 1.165) is 25.9 Å². The van der Waals surface area contributed by atoms with Crippen molar-refractivity contribution in [3.05, 3.63) is 0 Å². The van der Waals surface area contributed by atoms with E-state index >= 15 is 0 Å². The Morgan fingerprint density at radius 2 is 1.15 bits per heavy atom. The maximum absolute atomic E-state index is 11.2. The van der Waals surface area contributed by atoms with Crippen LogP contribution in [0.15, 0.2) is 0 Å². The lowest BCUT2D eigenvalue weighted by molar-refractivity contribution is -0.145. The first-order valence-electron chi connectivity index (χ1n) is 16.6. The van der Waals surface area contributed by atoms with E-state index in [-0.39, 0.29) is 24.3 Å². The highest BCUT2D eigenvalue weighted by molar-refractivity contribution is 5.84. The van der Waals surface area contributed by atoms with Gasteiger partial charge in [0.15, 0.2) is 0 Å².